The molecule has 1 saturated heterocycles. The Hall–Kier alpha value is -1.75. The van der Waals surface area contributed by atoms with Gasteiger partial charge in [-0.15, -0.1) is 0 Å². The highest BCUT2D eigenvalue weighted by molar-refractivity contribution is 5.78. The molecule has 0 radical (unpaired) electrons. The molecule has 1 aliphatic heterocycles. The van der Waals surface area contributed by atoms with Crippen molar-refractivity contribution >= 4 is 5.91 Å². The zero-order valence-corrected chi connectivity index (χ0v) is 10.5. The predicted octanol–water partition coefficient (Wildman–Crippen LogP) is 0.667. The van der Waals surface area contributed by atoms with Crippen LogP contribution >= 0.6 is 0 Å². The van der Waals surface area contributed by atoms with Crippen molar-refractivity contribution in [2.24, 2.45) is 0 Å². The fourth-order valence-electron chi connectivity index (χ4n) is 1.86. The number of hydrogen-bond donors (Lipinski definition) is 1. The van der Waals surface area contributed by atoms with Gasteiger partial charge in [0.25, 0.3) is 5.91 Å². The second-order valence-corrected chi connectivity index (χ2v) is 4.71. The van der Waals surface area contributed by atoms with E-state index in [1.807, 2.05) is 0 Å². The Labute approximate surface area is 106 Å². The van der Waals surface area contributed by atoms with Gasteiger partial charge in [-0.2, -0.15) is 0 Å². The predicted molar refractivity (Wildman–Crippen MR) is 65.7 cm³/mol. The maximum absolute atomic E-state index is 11.7. The van der Waals surface area contributed by atoms with Crippen molar-refractivity contribution in [1.29, 1.82) is 0 Å². The van der Waals surface area contributed by atoms with Crippen LogP contribution in [0, 0.1) is 0 Å². The topological polar surface area (TPSA) is 59.0 Å². The van der Waals surface area contributed by atoms with Crippen LogP contribution in [0.4, 0.5) is 0 Å². The SMILES string of the molecule is COc1ccc(OCC(=O)N2CC(C)(O)C2)cc1. The van der Waals surface area contributed by atoms with Crippen LogP contribution < -0.4 is 9.47 Å². The van der Waals surface area contributed by atoms with Crippen LogP contribution in [0.5, 0.6) is 11.5 Å². The minimum Gasteiger partial charge on any atom is -0.497 e. The number of β-amino-alcohol motifs (C(OH)–C–C–N with tert-alkyl or cyclic N) is 1. The summed E-state index contributed by atoms with van der Waals surface area (Å²) in [6, 6.07) is 7.04. The van der Waals surface area contributed by atoms with E-state index in [0.717, 1.165) is 5.75 Å². The molecule has 0 bridgehead atoms. The summed E-state index contributed by atoms with van der Waals surface area (Å²) in [6.07, 6.45) is 0. The summed E-state index contributed by atoms with van der Waals surface area (Å²) in [7, 11) is 1.59. The van der Waals surface area contributed by atoms with E-state index in [4.69, 9.17) is 9.47 Å². The van der Waals surface area contributed by atoms with Crippen molar-refractivity contribution in [1.82, 2.24) is 4.90 Å². The molecule has 0 saturated carbocycles. The van der Waals surface area contributed by atoms with E-state index in [0.29, 0.717) is 18.8 Å². The number of amides is 1. The van der Waals surface area contributed by atoms with Gasteiger partial charge in [-0.05, 0) is 31.2 Å². The Morgan fingerprint density at radius 1 is 1.33 bits per heavy atom. The second-order valence-electron chi connectivity index (χ2n) is 4.71. The molecular weight excluding hydrogens is 234 g/mol. The monoisotopic (exact) mass is 251 g/mol. The number of carbonyl (C=O) groups excluding carboxylic acids is 1. The molecule has 0 aromatic heterocycles. The van der Waals surface area contributed by atoms with E-state index in [1.54, 1.807) is 43.2 Å². The summed E-state index contributed by atoms with van der Waals surface area (Å²) in [5.41, 5.74) is -0.740. The summed E-state index contributed by atoms with van der Waals surface area (Å²) in [4.78, 5) is 13.2. The summed E-state index contributed by atoms with van der Waals surface area (Å²) in [5, 5.41) is 9.53. The van der Waals surface area contributed by atoms with Crippen molar-refractivity contribution in [3.63, 3.8) is 0 Å². The summed E-state index contributed by atoms with van der Waals surface area (Å²) in [5.74, 6) is 1.25. The Morgan fingerprint density at radius 2 is 1.89 bits per heavy atom. The second kappa shape index (κ2) is 4.86. The Kier molecular flexibility index (Phi) is 3.43. The molecule has 98 valence electrons. The van der Waals surface area contributed by atoms with Gasteiger partial charge in [-0.3, -0.25) is 4.79 Å². The molecule has 0 unspecified atom stereocenters. The molecule has 1 aromatic rings. The standard InChI is InChI=1S/C13H17NO4/c1-13(16)8-14(9-13)12(15)7-18-11-5-3-10(17-2)4-6-11/h3-6,16H,7-9H2,1-2H3. The van der Waals surface area contributed by atoms with Gasteiger partial charge in [0.2, 0.25) is 0 Å². The number of ether oxygens (including phenoxy) is 2. The third-order valence-electron chi connectivity index (χ3n) is 2.84. The molecule has 1 amide bonds. The lowest BCUT2D eigenvalue weighted by molar-refractivity contribution is -0.154. The molecule has 1 N–H and O–H groups in total. The summed E-state index contributed by atoms with van der Waals surface area (Å²) < 4.78 is 10.4. The first kappa shape index (κ1) is 12.7. The molecule has 1 heterocycles. The lowest BCUT2D eigenvalue weighted by Crippen LogP contribution is -2.62. The van der Waals surface area contributed by atoms with Crippen LogP contribution in [0.2, 0.25) is 0 Å². The summed E-state index contributed by atoms with van der Waals surface area (Å²) in [6.45, 7) is 2.44. The van der Waals surface area contributed by atoms with Gasteiger partial charge in [-0.25, -0.2) is 0 Å². The van der Waals surface area contributed by atoms with Crippen LogP contribution in [0.15, 0.2) is 24.3 Å². The van der Waals surface area contributed by atoms with E-state index in [2.05, 4.69) is 0 Å². The molecule has 0 atom stereocenters. The molecule has 1 aliphatic rings. The number of rotatable bonds is 4. The van der Waals surface area contributed by atoms with Crippen LogP contribution in [0.1, 0.15) is 6.92 Å². The minimum absolute atomic E-state index is 0.0115. The molecular formula is C13H17NO4. The molecule has 1 aromatic carbocycles. The van der Waals surface area contributed by atoms with Crippen molar-refractivity contribution in [2.45, 2.75) is 12.5 Å². The minimum atomic E-state index is -0.740. The number of benzene rings is 1. The Morgan fingerprint density at radius 3 is 2.39 bits per heavy atom. The molecule has 5 heteroatoms. The van der Waals surface area contributed by atoms with Crippen molar-refractivity contribution in [2.75, 3.05) is 26.8 Å². The first-order valence-corrected chi connectivity index (χ1v) is 5.77. The highest BCUT2D eigenvalue weighted by Crippen LogP contribution is 2.20. The quantitative estimate of drug-likeness (QED) is 0.854. The fraction of sp³-hybridized carbons (Fsp3) is 0.462. The maximum atomic E-state index is 11.7. The average Bonchev–Trinajstić information content (AvgIpc) is 2.33. The van der Waals surface area contributed by atoms with Gasteiger partial charge in [0.05, 0.1) is 25.8 Å². The Balaban J connectivity index is 1.79. The number of methoxy groups -OCH3 is 1. The molecule has 0 aliphatic carbocycles. The molecule has 5 nitrogen and oxygen atoms in total. The van der Waals surface area contributed by atoms with Gasteiger partial charge < -0.3 is 19.5 Å². The number of likely N-dealkylation sites (tertiary alicyclic amines) is 1. The largest absolute Gasteiger partial charge is 0.497 e. The number of nitrogens with zero attached hydrogens (tertiary/aromatic N) is 1. The molecule has 2 rings (SSSR count). The van der Waals surface area contributed by atoms with E-state index in [-0.39, 0.29) is 12.5 Å². The summed E-state index contributed by atoms with van der Waals surface area (Å²) >= 11 is 0. The van der Waals surface area contributed by atoms with Crippen LogP contribution in [-0.4, -0.2) is 48.3 Å². The Bertz CT molecular complexity index is 419. The smallest absolute Gasteiger partial charge is 0.260 e. The van der Waals surface area contributed by atoms with Crippen molar-refractivity contribution < 1.29 is 19.4 Å². The third kappa shape index (κ3) is 2.92. The lowest BCUT2D eigenvalue weighted by Gasteiger charge is -2.43. The van der Waals surface area contributed by atoms with E-state index < -0.39 is 5.60 Å². The van der Waals surface area contributed by atoms with E-state index in [9.17, 15) is 9.90 Å². The number of hydrogen-bond acceptors (Lipinski definition) is 4. The van der Waals surface area contributed by atoms with Crippen LogP contribution in [-0.2, 0) is 4.79 Å². The van der Waals surface area contributed by atoms with Crippen molar-refractivity contribution in [3.05, 3.63) is 24.3 Å². The molecule has 0 spiro atoms. The zero-order chi connectivity index (χ0) is 13.2. The highest BCUT2D eigenvalue weighted by atomic mass is 16.5. The van der Waals surface area contributed by atoms with Crippen LogP contribution in [0.3, 0.4) is 0 Å². The normalized spacial score (nSPS) is 16.9. The molecule has 18 heavy (non-hydrogen) atoms. The lowest BCUT2D eigenvalue weighted by atomic mass is 9.97. The van der Waals surface area contributed by atoms with Gasteiger partial charge >= 0.3 is 0 Å². The highest BCUT2D eigenvalue weighted by Gasteiger charge is 2.39. The van der Waals surface area contributed by atoms with E-state index >= 15 is 0 Å². The number of aliphatic hydroxyl groups is 1. The van der Waals surface area contributed by atoms with Gasteiger partial charge in [-0.1, -0.05) is 0 Å². The average molecular weight is 251 g/mol. The van der Waals surface area contributed by atoms with Gasteiger partial charge in [0, 0.05) is 0 Å². The first-order chi connectivity index (χ1) is 8.50. The van der Waals surface area contributed by atoms with Crippen molar-refractivity contribution in [3.8, 4) is 11.5 Å². The van der Waals surface area contributed by atoms with Crippen LogP contribution in [0.25, 0.3) is 0 Å². The first-order valence-electron chi connectivity index (χ1n) is 5.77. The third-order valence-corrected chi connectivity index (χ3v) is 2.84. The van der Waals surface area contributed by atoms with Gasteiger partial charge in [0.1, 0.15) is 11.5 Å². The fourth-order valence-corrected chi connectivity index (χ4v) is 1.86. The number of carbonyl (C=O) groups is 1. The zero-order valence-electron chi connectivity index (χ0n) is 10.5. The molecule has 1 fully saturated rings. The van der Waals surface area contributed by atoms with Gasteiger partial charge in [0.15, 0.2) is 6.61 Å². The maximum Gasteiger partial charge on any atom is 0.260 e. The van der Waals surface area contributed by atoms with E-state index in [1.165, 1.54) is 0 Å².